The maximum Gasteiger partial charge on any atom is 0.270 e. The molecule has 0 fully saturated rings. The summed E-state index contributed by atoms with van der Waals surface area (Å²) in [6.07, 6.45) is 3.76. The molecule has 0 aliphatic heterocycles. The standard InChI is InChI=1S/C21H20N4O3S/c22-13-5-14-24(15-12-17-6-2-1-3-7-17)21(29)23-20(26)11-10-18-8-4-9-19(16-18)25(27)28/h1-4,6-11,16H,5,12,14-15H2,(H,23,26,29)/b11-10+. The molecule has 0 radical (unpaired) electrons. The van der Waals surface area contributed by atoms with E-state index in [-0.39, 0.29) is 17.2 Å². The first-order valence-corrected chi connectivity index (χ1v) is 9.33. The van der Waals surface area contributed by atoms with Crippen molar-refractivity contribution in [2.75, 3.05) is 13.1 Å². The number of nitriles is 1. The molecule has 0 aromatic heterocycles. The third-order valence-corrected chi connectivity index (χ3v) is 4.39. The molecule has 0 aliphatic carbocycles. The van der Waals surface area contributed by atoms with Gasteiger partial charge < -0.3 is 4.90 Å². The van der Waals surface area contributed by atoms with E-state index >= 15 is 0 Å². The fraction of sp³-hybridized carbons (Fsp3) is 0.190. The van der Waals surface area contributed by atoms with Crippen molar-refractivity contribution in [1.82, 2.24) is 10.2 Å². The first-order valence-electron chi connectivity index (χ1n) is 8.93. The normalized spacial score (nSPS) is 10.3. The molecule has 0 aliphatic rings. The highest BCUT2D eigenvalue weighted by Gasteiger charge is 2.12. The molecule has 2 aromatic carbocycles. The van der Waals surface area contributed by atoms with E-state index in [9.17, 15) is 14.9 Å². The highest BCUT2D eigenvalue weighted by molar-refractivity contribution is 7.80. The van der Waals surface area contributed by atoms with Gasteiger partial charge in [0.15, 0.2) is 5.11 Å². The molecule has 2 aromatic rings. The Morgan fingerprint density at radius 2 is 1.97 bits per heavy atom. The molecule has 148 valence electrons. The first kappa shape index (κ1) is 21.7. The van der Waals surface area contributed by atoms with E-state index in [0.717, 1.165) is 12.0 Å². The molecule has 7 nitrogen and oxygen atoms in total. The Morgan fingerprint density at radius 3 is 2.66 bits per heavy atom. The molecule has 0 saturated carbocycles. The Balaban J connectivity index is 1.96. The lowest BCUT2D eigenvalue weighted by Gasteiger charge is -2.24. The molecule has 29 heavy (non-hydrogen) atoms. The lowest BCUT2D eigenvalue weighted by molar-refractivity contribution is -0.384. The molecule has 1 N–H and O–H groups in total. The SMILES string of the molecule is N#CCCN(CCc1ccccc1)C(=S)NC(=O)/C=C/c1cccc([N+](=O)[O-])c1. The first-order chi connectivity index (χ1) is 14.0. The Bertz CT molecular complexity index is 938. The molecular weight excluding hydrogens is 388 g/mol. The zero-order valence-electron chi connectivity index (χ0n) is 15.7. The van der Waals surface area contributed by atoms with Crippen molar-refractivity contribution in [3.63, 3.8) is 0 Å². The van der Waals surface area contributed by atoms with Crippen LogP contribution in [-0.2, 0) is 11.2 Å². The Hall–Kier alpha value is -3.57. The minimum atomic E-state index is -0.494. The summed E-state index contributed by atoms with van der Waals surface area (Å²) in [4.78, 5) is 24.3. The minimum absolute atomic E-state index is 0.0494. The van der Waals surface area contributed by atoms with Crippen LogP contribution < -0.4 is 5.32 Å². The number of carbonyl (C=O) groups excluding carboxylic acids is 1. The Labute approximate surface area is 174 Å². The van der Waals surface area contributed by atoms with Crippen LogP contribution >= 0.6 is 12.2 Å². The van der Waals surface area contributed by atoms with Gasteiger partial charge in [-0.3, -0.25) is 20.2 Å². The van der Waals surface area contributed by atoms with E-state index in [0.29, 0.717) is 18.7 Å². The number of amides is 1. The van der Waals surface area contributed by atoms with Crippen molar-refractivity contribution in [3.05, 3.63) is 81.9 Å². The fourth-order valence-corrected chi connectivity index (χ4v) is 2.83. The Morgan fingerprint density at radius 1 is 1.21 bits per heavy atom. The van der Waals surface area contributed by atoms with E-state index < -0.39 is 10.8 Å². The van der Waals surface area contributed by atoms with Gasteiger partial charge in [-0.1, -0.05) is 42.5 Å². The summed E-state index contributed by atoms with van der Waals surface area (Å²) in [7, 11) is 0. The quantitative estimate of drug-likeness (QED) is 0.311. The van der Waals surface area contributed by atoms with Crippen LogP contribution in [0.2, 0.25) is 0 Å². The average Bonchev–Trinajstić information content (AvgIpc) is 2.73. The summed E-state index contributed by atoms with van der Waals surface area (Å²) in [6.45, 7) is 0.983. The van der Waals surface area contributed by atoms with Gasteiger partial charge in [-0.25, -0.2) is 0 Å². The highest BCUT2D eigenvalue weighted by Crippen LogP contribution is 2.14. The van der Waals surface area contributed by atoms with Gasteiger partial charge in [0.05, 0.1) is 17.4 Å². The van der Waals surface area contributed by atoms with Crippen LogP contribution in [0.3, 0.4) is 0 Å². The smallest absolute Gasteiger partial charge is 0.270 e. The Kier molecular flexibility index (Phi) is 8.48. The zero-order valence-corrected chi connectivity index (χ0v) is 16.5. The fourth-order valence-electron chi connectivity index (χ4n) is 2.55. The second-order valence-corrected chi connectivity index (χ2v) is 6.50. The van der Waals surface area contributed by atoms with Crippen molar-refractivity contribution in [1.29, 1.82) is 5.26 Å². The summed E-state index contributed by atoms with van der Waals surface area (Å²) in [5, 5.41) is 22.5. The van der Waals surface area contributed by atoms with Crippen molar-refractivity contribution in [2.45, 2.75) is 12.8 Å². The number of hydrogen-bond donors (Lipinski definition) is 1. The van der Waals surface area contributed by atoms with Gasteiger partial charge in [0.1, 0.15) is 0 Å². The van der Waals surface area contributed by atoms with Gasteiger partial charge in [-0.05, 0) is 35.8 Å². The van der Waals surface area contributed by atoms with Crippen LogP contribution in [0.25, 0.3) is 6.08 Å². The van der Waals surface area contributed by atoms with Gasteiger partial charge in [-0.15, -0.1) is 0 Å². The average molecular weight is 408 g/mol. The number of nitro groups is 1. The van der Waals surface area contributed by atoms with E-state index in [1.54, 1.807) is 17.0 Å². The van der Waals surface area contributed by atoms with Crippen LogP contribution in [-0.4, -0.2) is 33.9 Å². The second-order valence-electron chi connectivity index (χ2n) is 6.11. The number of carbonyl (C=O) groups is 1. The maximum absolute atomic E-state index is 12.2. The largest absolute Gasteiger partial charge is 0.348 e. The summed E-state index contributed by atoms with van der Waals surface area (Å²) >= 11 is 5.33. The number of benzene rings is 2. The molecule has 0 unspecified atom stereocenters. The molecule has 0 atom stereocenters. The minimum Gasteiger partial charge on any atom is -0.348 e. The van der Waals surface area contributed by atoms with Crippen LogP contribution in [0.15, 0.2) is 60.7 Å². The molecule has 0 bridgehead atoms. The van der Waals surface area contributed by atoms with Crippen LogP contribution in [0.5, 0.6) is 0 Å². The number of rotatable bonds is 8. The monoisotopic (exact) mass is 408 g/mol. The zero-order chi connectivity index (χ0) is 21.1. The number of thiocarbonyl (C=S) groups is 1. The van der Waals surface area contributed by atoms with E-state index in [1.165, 1.54) is 24.3 Å². The molecule has 1 amide bonds. The van der Waals surface area contributed by atoms with E-state index in [4.69, 9.17) is 17.5 Å². The molecular formula is C21H20N4O3S. The van der Waals surface area contributed by atoms with Crippen LogP contribution in [0, 0.1) is 21.4 Å². The maximum atomic E-state index is 12.2. The lowest BCUT2D eigenvalue weighted by atomic mass is 10.1. The highest BCUT2D eigenvalue weighted by atomic mass is 32.1. The summed E-state index contributed by atoms with van der Waals surface area (Å²) in [6, 6.07) is 17.9. The van der Waals surface area contributed by atoms with Crippen molar-refractivity contribution in [2.24, 2.45) is 0 Å². The number of non-ortho nitro benzene ring substituents is 1. The number of hydrogen-bond acceptors (Lipinski definition) is 5. The third kappa shape index (κ3) is 7.52. The van der Waals surface area contributed by atoms with Crippen molar-refractivity contribution < 1.29 is 9.72 Å². The van der Waals surface area contributed by atoms with E-state index in [1.807, 2.05) is 30.3 Å². The number of nitro benzene ring substituents is 1. The van der Waals surface area contributed by atoms with Gasteiger partial charge in [0.25, 0.3) is 5.69 Å². The van der Waals surface area contributed by atoms with Crippen LogP contribution in [0.4, 0.5) is 5.69 Å². The lowest BCUT2D eigenvalue weighted by Crippen LogP contribution is -2.43. The summed E-state index contributed by atoms with van der Waals surface area (Å²) < 4.78 is 0. The second kappa shape index (κ2) is 11.3. The molecule has 8 heteroatoms. The van der Waals surface area contributed by atoms with Gasteiger partial charge >= 0.3 is 0 Å². The molecule has 0 saturated heterocycles. The van der Waals surface area contributed by atoms with Gasteiger partial charge in [0, 0.05) is 31.3 Å². The molecule has 0 spiro atoms. The predicted octanol–water partition coefficient (Wildman–Crippen LogP) is 3.47. The van der Waals surface area contributed by atoms with Crippen molar-refractivity contribution in [3.8, 4) is 6.07 Å². The number of nitrogens with one attached hydrogen (secondary N) is 1. The van der Waals surface area contributed by atoms with Gasteiger partial charge in [-0.2, -0.15) is 5.26 Å². The van der Waals surface area contributed by atoms with Crippen LogP contribution in [0.1, 0.15) is 17.5 Å². The number of nitrogens with zero attached hydrogens (tertiary/aromatic N) is 3. The van der Waals surface area contributed by atoms with Crippen molar-refractivity contribution >= 4 is 35.0 Å². The van der Waals surface area contributed by atoms with E-state index in [2.05, 4.69) is 11.4 Å². The topological polar surface area (TPSA) is 99.3 Å². The summed E-state index contributed by atoms with van der Waals surface area (Å²) in [5.41, 5.74) is 1.62. The molecule has 0 heterocycles. The molecule has 2 rings (SSSR count). The third-order valence-electron chi connectivity index (χ3n) is 4.03. The summed E-state index contributed by atoms with van der Waals surface area (Å²) in [5.74, 6) is -0.442. The van der Waals surface area contributed by atoms with Gasteiger partial charge in [0.2, 0.25) is 5.91 Å². The predicted molar refractivity (Wildman–Crippen MR) is 115 cm³/mol.